The molecule has 1 aromatic rings. The number of benzene rings is 1. The first-order valence-electron chi connectivity index (χ1n) is 5.65. The Kier molecular flexibility index (Phi) is 4.33. The van der Waals surface area contributed by atoms with E-state index >= 15 is 0 Å². The first kappa shape index (κ1) is 13.0. The molecule has 1 rings (SSSR count). The van der Waals surface area contributed by atoms with Crippen LogP contribution >= 0.6 is 0 Å². The van der Waals surface area contributed by atoms with Crippen molar-refractivity contribution < 1.29 is 10.2 Å². The van der Waals surface area contributed by atoms with Crippen LogP contribution in [0.15, 0.2) is 18.2 Å². The van der Waals surface area contributed by atoms with Crippen LogP contribution in [0.3, 0.4) is 0 Å². The fourth-order valence-electron chi connectivity index (χ4n) is 1.77. The Morgan fingerprint density at radius 2 is 1.81 bits per heavy atom. The van der Waals surface area contributed by atoms with E-state index in [0.717, 1.165) is 11.1 Å². The van der Waals surface area contributed by atoms with E-state index in [1.54, 1.807) is 12.1 Å². The maximum atomic E-state index is 10.1. The van der Waals surface area contributed by atoms with Crippen LogP contribution in [0.4, 0.5) is 0 Å². The lowest BCUT2D eigenvalue weighted by atomic mass is 10.0. The molecule has 3 nitrogen and oxygen atoms in total. The minimum absolute atomic E-state index is 0.0102. The lowest BCUT2D eigenvalue weighted by molar-refractivity contribution is 0.131. The second kappa shape index (κ2) is 5.32. The van der Waals surface area contributed by atoms with Crippen LogP contribution in [0.1, 0.15) is 38.0 Å². The molecule has 0 heterocycles. The topological polar surface area (TPSA) is 52.5 Å². The molecule has 0 saturated carbocycles. The van der Waals surface area contributed by atoms with Gasteiger partial charge < -0.3 is 15.5 Å². The van der Waals surface area contributed by atoms with Gasteiger partial charge in [-0.25, -0.2) is 0 Å². The molecule has 0 bridgehead atoms. The van der Waals surface area contributed by atoms with Crippen LogP contribution < -0.4 is 5.32 Å². The summed E-state index contributed by atoms with van der Waals surface area (Å²) in [5.41, 5.74) is 1.62. The van der Waals surface area contributed by atoms with Crippen LogP contribution in [0, 0.1) is 6.92 Å². The number of hydrogen-bond acceptors (Lipinski definition) is 3. The first-order valence-corrected chi connectivity index (χ1v) is 5.65. The summed E-state index contributed by atoms with van der Waals surface area (Å²) in [6.07, 6.45) is -0.554. The number of phenols is 1. The van der Waals surface area contributed by atoms with Gasteiger partial charge in [0.25, 0.3) is 0 Å². The quantitative estimate of drug-likeness (QED) is 0.733. The van der Waals surface area contributed by atoms with Gasteiger partial charge in [-0.1, -0.05) is 19.9 Å². The van der Waals surface area contributed by atoms with Gasteiger partial charge in [-0.15, -0.1) is 0 Å². The van der Waals surface area contributed by atoms with Gasteiger partial charge in [0.1, 0.15) is 5.75 Å². The molecule has 2 atom stereocenters. The van der Waals surface area contributed by atoms with E-state index in [4.69, 9.17) is 0 Å². The lowest BCUT2D eigenvalue weighted by Gasteiger charge is -2.23. The highest BCUT2D eigenvalue weighted by Crippen LogP contribution is 2.23. The second-order valence-corrected chi connectivity index (χ2v) is 4.60. The highest BCUT2D eigenvalue weighted by Gasteiger charge is 2.17. The third kappa shape index (κ3) is 3.22. The summed E-state index contributed by atoms with van der Waals surface area (Å²) >= 11 is 0. The van der Waals surface area contributed by atoms with Crippen molar-refractivity contribution in [3.63, 3.8) is 0 Å². The van der Waals surface area contributed by atoms with E-state index < -0.39 is 6.10 Å². The van der Waals surface area contributed by atoms with Crippen LogP contribution in [0.5, 0.6) is 5.75 Å². The molecule has 0 aliphatic rings. The van der Waals surface area contributed by atoms with Gasteiger partial charge >= 0.3 is 0 Å². The molecule has 3 N–H and O–H groups in total. The maximum Gasteiger partial charge on any atom is 0.118 e. The Labute approximate surface area is 97.1 Å². The standard InChI is InChI=1S/C13H21NO2/c1-8(2)14-10(4)13(16)11-5-6-12(15)9(3)7-11/h5-8,10,13-16H,1-4H3. The number of aliphatic hydroxyl groups excluding tert-OH is 1. The van der Waals surface area contributed by atoms with Crippen molar-refractivity contribution in [1.82, 2.24) is 5.32 Å². The molecule has 0 aliphatic heterocycles. The summed E-state index contributed by atoms with van der Waals surface area (Å²) in [5, 5.41) is 22.8. The number of nitrogens with one attached hydrogen (secondary N) is 1. The SMILES string of the molecule is Cc1cc(C(O)C(C)NC(C)C)ccc1O. The van der Waals surface area contributed by atoms with Crippen molar-refractivity contribution in [3.05, 3.63) is 29.3 Å². The normalized spacial score (nSPS) is 15.1. The summed E-state index contributed by atoms with van der Waals surface area (Å²) in [6, 6.07) is 5.52. The lowest BCUT2D eigenvalue weighted by Crippen LogP contribution is -2.36. The van der Waals surface area contributed by atoms with Crippen LogP contribution in [0.2, 0.25) is 0 Å². The van der Waals surface area contributed by atoms with Gasteiger partial charge in [-0.3, -0.25) is 0 Å². The molecule has 0 saturated heterocycles. The van der Waals surface area contributed by atoms with E-state index in [1.165, 1.54) is 0 Å². The maximum absolute atomic E-state index is 10.1. The number of rotatable bonds is 4. The minimum Gasteiger partial charge on any atom is -0.508 e. The molecule has 90 valence electrons. The highest BCUT2D eigenvalue weighted by atomic mass is 16.3. The predicted octanol–water partition coefficient (Wildman–Crippen LogP) is 2.12. The van der Waals surface area contributed by atoms with Crippen LogP contribution in [-0.2, 0) is 0 Å². The summed E-state index contributed by atoms with van der Waals surface area (Å²) in [5.74, 6) is 0.264. The molecule has 0 spiro atoms. The van der Waals surface area contributed by atoms with E-state index in [0.29, 0.717) is 6.04 Å². The van der Waals surface area contributed by atoms with Gasteiger partial charge in [-0.2, -0.15) is 0 Å². The van der Waals surface area contributed by atoms with Gasteiger partial charge in [0.15, 0.2) is 0 Å². The van der Waals surface area contributed by atoms with E-state index in [-0.39, 0.29) is 11.8 Å². The summed E-state index contributed by atoms with van der Waals surface area (Å²) in [4.78, 5) is 0. The molecule has 3 heteroatoms. The molecule has 0 aliphatic carbocycles. The number of hydrogen-bond donors (Lipinski definition) is 3. The molecule has 1 aromatic carbocycles. The molecule has 0 fully saturated rings. The van der Waals surface area contributed by atoms with Gasteiger partial charge in [0.2, 0.25) is 0 Å². The monoisotopic (exact) mass is 223 g/mol. The number of phenolic OH excluding ortho intramolecular Hbond substituents is 1. The Morgan fingerprint density at radius 1 is 1.19 bits per heavy atom. The zero-order valence-electron chi connectivity index (χ0n) is 10.4. The summed E-state index contributed by atoms with van der Waals surface area (Å²) in [6.45, 7) is 7.87. The zero-order chi connectivity index (χ0) is 12.3. The highest BCUT2D eigenvalue weighted by molar-refractivity contribution is 5.36. The molecular formula is C13H21NO2. The van der Waals surface area contributed by atoms with Crippen molar-refractivity contribution in [3.8, 4) is 5.75 Å². The molecule has 0 amide bonds. The Balaban J connectivity index is 2.79. The Morgan fingerprint density at radius 3 is 2.31 bits per heavy atom. The first-order chi connectivity index (χ1) is 7.41. The van der Waals surface area contributed by atoms with Crippen molar-refractivity contribution in [2.24, 2.45) is 0 Å². The summed E-state index contributed by atoms with van der Waals surface area (Å²) in [7, 11) is 0. The van der Waals surface area contributed by atoms with Gasteiger partial charge in [-0.05, 0) is 37.1 Å². The van der Waals surface area contributed by atoms with Crippen molar-refractivity contribution in [2.75, 3.05) is 0 Å². The fraction of sp³-hybridized carbons (Fsp3) is 0.538. The third-order valence-corrected chi connectivity index (χ3v) is 2.63. The number of aromatic hydroxyl groups is 1. The second-order valence-electron chi connectivity index (χ2n) is 4.60. The Hall–Kier alpha value is -1.06. The minimum atomic E-state index is -0.554. The van der Waals surface area contributed by atoms with E-state index in [9.17, 15) is 10.2 Å². The molecular weight excluding hydrogens is 202 g/mol. The van der Waals surface area contributed by atoms with Crippen LogP contribution in [-0.4, -0.2) is 22.3 Å². The average molecular weight is 223 g/mol. The zero-order valence-corrected chi connectivity index (χ0v) is 10.4. The third-order valence-electron chi connectivity index (χ3n) is 2.63. The van der Waals surface area contributed by atoms with Crippen LogP contribution in [0.25, 0.3) is 0 Å². The smallest absolute Gasteiger partial charge is 0.118 e. The largest absolute Gasteiger partial charge is 0.508 e. The number of aryl methyl sites for hydroxylation is 1. The van der Waals surface area contributed by atoms with Crippen molar-refractivity contribution in [1.29, 1.82) is 0 Å². The van der Waals surface area contributed by atoms with E-state index in [2.05, 4.69) is 5.32 Å². The van der Waals surface area contributed by atoms with E-state index in [1.807, 2.05) is 33.8 Å². The summed E-state index contributed by atoms with van der Waals surface area (Å²) < 4.78 is 0. The fourth-order valence-corrected chi connectivity index (χ4v) is 1.77. The predicted molar refractivity (Wildman–Crippen MR) is 65.5 cm³/mol. The molecule has 16 heavy (non-hydrogen) atoms. The van der Waals surface area contributed by atoms with Crippen molar-refractivity contribution >= 4 is 0 Å². The Bertz CT molecular complexity index is 350. The average Bonchev–Trinajstić information content (AvgIpc) is 2.20. The molecule has 2 unspecified atom stereocenters. The molecule has 0 radical (unpaired) electrons. The van der Waals surface area contributed by atoms with Gasteiger partial charge in [0, 0.05) is 12.1 Å². The number of aliphatic hydroxyl groups is 1. The van der Waals surface area contributed by atoms with Crippen molar-refractivity contribution in [2.45, 2.75) is 45.9 Å². The molecule has 0 aromatic heterocycles. The van der Waals surface area contributed by atoms with Gasteiger partial charge in [0.05, 0.1) is 6.10 Å².